The lowest BCUT2D eigenvalue weighted by Gasteiger charge is -2.15. The Labute approximate surface area is 96.4 Å². The molecule has 2 atom stereocenters. The smallest absolute Gasteiger partial charge is 0.409 e. The van der Waals surface area contributed by atoms with Gasteiger partial charge in [0.15, 0.2) is 0 Å². The van der Waals surface area contributed by atoms with Crippen molar-refractivity contribution in [3.05, 3.63) is 0 Å². The number of ether oxygens (including phenoxy) is 1. The second kappa shape index (κ2) is 5.98. The van der Waals surface area contributed by atoms with Crippen LogP contribution in [-0.4, -0.2) is 51.9 Å². The molecule has 1 amide bonds. The summed E-state index contributed by atoms with van der Waals surface area (Å²) in [5.74, 6) is -0.688. The number of aldehydes is 1. The molecular weight excluding hydrogens is 229 g/mol. The minimum Gasteiger partial charge on any atom is -0.450 e. The maximum absolute atomic E-state index is 13.2. The molecule has 92 valence electrons. The molecule has 1 saturated heterocycles. The quantitative estimate of drug-likeness (QED) is 0.551. The van der Waals surface area contributed by atoms with Crippen LogP contribution in [0.25, 0.3) is 0 Å². The normalized spacial score (nSPS) is 24.9. The lowest BCUT2D eigenvalue weighted by Crippen LogP contribution is -2.30. The van der Waals surface area contributed by atoms with Crippen LogP contribution in [0.5, 0.6) is 0 Å². The molecule has 1 aliphatic rings. The summed E-state index contributed by atoms with van der Waals surface area (Å²) >= 11 is 0. The van der Waals surface area contributed by atoms with E-state index in [-0.39, 0.29) is 13.1 Å². The van der Waals surface area contributed by atoms with Crippen molar-refractivity contribution in [3.63, 3.8) is 0 Å². The topological polar surface area (TPSA) is 46.6 Å². The largest absolute Gasteiger partial charge is 0.450 e. The van der Waals surface area contributed by atoms with Crippen molar-refractivity contribution in [2.75, 3.05) is 19.7 Å². The van der Waals surface area contributed by atoms with Crippen molar-refractivity contribution < 1.29 is 18.7 Å². The van der Waals surface area contributed by atoms with Crippen LogP contribution in [0.3, 0.4) is 0 Å². The zero-order chi connectivity index (χ0) is 12.1. The molecule has 1 aliphatic heterocycles. The number of carbonyl (C=O) groups is 2. The fraction of sp³-hybridized carbons (Fsp3) is 0.800. The molecular formula is C10H18FNO3Si. The summed E-state index contributed by atoms with van der Waals surface area (Å²) in [6.45, 7) is 4.86. The average molecular weight is 247 g/mol. The Morgan fingerprint density at radius 1 is 1.56 bits per heavy atom. The number of carbonyl (C=O) groups excluding carboxylic acids is 2. The Balaban J connectivity index is 2.30. The average Bonchev–Trinajstić information content (AvgIpc) is 2.59. The van der Waals surface area contributed by atoms with Crippen molar-refractivity contribution in [3.8, 4) is 0 Å². The summed E-state index contributed by atoms with van der Waals surface area (Å²) in [6, 6.07) is 0.926. The summed E-state index contributed by atoms with van der Waals surface area (Å²) in [7, 11) is -0.720. The van der Waals surface area contributed by atoms with Crippen LogP contribution in [0.4, 0.5) is 9.18 Å². The molecule has 0 spiro atoms. The van der Waals surface area contributed by atoms with Crippen molar-refractivity contribution >= 4 is 21.2 Å². The van der Waals surface area contributed by atoms with Gasteiger partial charge in [-0.25, -0.2) is 9.18 Å². The molecule has 4 nitrogen and oxygen atoms in total. The molecule has 0 aliphatic carbocycles. The van der Waals surface area contributed by atoms with Gasteiger partial charge in [-0.15, -0.1) is 0 Å². The van der Waals surface area contributed by atoms with Crippen LogP contribution in [0.2, 0.25) is 19.1 Å². The minimum absolute atomic E-state index is 0.0264. The van der Waals surface area contributed by atoms with Gasteiger partial charge in [0.1, 0.15) is 12.5 Å². The third kappa shape index (κ3) is 3.59. The second-order valence-corrected chi connectivity index (χ2v) is 7.88. The van der Waals surface area contributed by atoms with E-state index in [1.54, 1.807) is 0 Å². The maximum atomic E-state index is 13.2. The number of rotatable bonds is 4. The highest BCUT2D eigenvalue weighted by atomic mass is 28.3. The molecule has 0 bridgehead atoms. The Morgan fingerprint density at radius 3 is 2.75 bits per heavy atom. The van der Waals surface area contributed by atoms with Crippen LogP contribution >= 0.6 is 0 Å². The first kappa shape index (κ1) is 13.2. The van der Waals surface area contributed by atoms with Crippen molar-refractivity contribution in [1.29, 1.82) is 0 Å². The number of amides is 1. The number of halogens is 1. The number of likely N-dealkylation sites (tertiary alicyclic amines) is 1. The van der Waals surface area contributed by atoms with E-state index in [4.69, 9.17) is 4.74 Å². The molecule has 0 aromatic heterocycles. The number of hydrogen-bond acceptors (Lipinski definition) is 3. The third-order valence-corrected chi connectivity index (χ3v) is 4.03. The standard InChI is InChI=1S/C10H18FNO3Si/c1-16(2)4-3-15-10(14)12-5-8(7-13)9(11)6-12/h7-9,16H,3-6H2,1-2H3/t8-,9-/m0/s1. The molecule has 0 saturated carbocycles. The summed E-state index contributed by atoms with van der Waals surface area (Å²) in [5.41, 5.74) is 0. The van der Waals surface area contributed by atoms with Crippen LogP contribution in [0, 0.1) is 5.92 Å². The molecule has 6 heteroatoms. The number of nitrogens with zero attached hydrogens (tertiary/aromatic N) is 1. The van der Waals surface area contributed by atoms with Gasteiger partial charge in [-0.2, -0.15) is 0 Å². The Morgan fingerprint density at radius 2 is 2.25 bits per heavy atom. The van der Waals surface area contributed by atoms with Gasteiger partial charge in [0.25, 0.3) is 0 Å². The van der Waals surface area contributed by atoms with Gasteiger partial charge < -0.3 is 14.4 Å². The molecule has 1 rings (SSSR count). The van der Waals surface area contributed by atoms with Gasteiger partial charge in [0.05, 0.1) is 19.1 Å². The van der Waals surface area contributed by atoms with Gasteiger partial charge >= 0.3 is 6.09 Å². The highest BCUT2D eigenvalue weighted by Crippen LogP contribution is 2.18. The second-order valence-electron chi connectivity index (χ2n) is 4.52. The van der Waals surface area contributed by atoms with Crippen LogP contribution in [0.15, 0.2) is 0 Å². The lowest BCUT2D eigenvalue weighted by atomic mass is 10.1. The molecule has 1 heterocycles. The Bertz CT molecular complexity index is 262. The summed E-state index contributed by atoms with van der Waals surface area (Å²) < 4.78 is 18.2. The van der Waals surface area contributed by atoms with E-state index < -0.39 is 27.0 Å². The highest BCUT2D eigenvalue weighted by molar-refractivity contribution is 6.55. The fourth-order valence-corrected chi connectivity index (χ4v) is 2.13. The van der Waals surface area contributed by atoms with Gasteiger partial charge in [-0.05, 0) is 6.04 Å². The van der Waals surface area contributed by atoms with E-state index in [1.165, 1.54) is 4.90 Å². The van der Waals surface area contributed by atoms with Gasteiger partial charge in [-0.1, -0.05) is 13.1 Å². The first-order chi connectivity index (χ1) is 7.54. The Kier molecular flexibility index (Phi) is 4.92. The van der Waals surface area contributed by atoms with Gasteiger partial charge in [-0.3, -0.25) is 0 Å². The van der Waals surface area contributed by atoms with Gasteiger partial charge in [0, 0.05) is 15.3 Å². The highest BCUT2D eigenvalue weighted by Gasteiger charge is 2.35. The summed E-state index contributed by atoms with van der Waals surface area (Å²) in [5, 5.41) is 0. The van der Waals surface area contributed by atoms with E-state index in [0.717, 1.165) is 6.04 Å². The summed E-state index contributed by atoms with van der Waals surface area (Å²) in [4.78, 5) is 23.2. The zero-order valence-electron chi connectivity index (χ0n) is 9.69. The van der Waals surface area contributed by atoms with E-state index >= 15 is 0 Å². The Hall–Kier alpha value is -0.913. The number of alkyl halides is 1. The molecule has 0 N–H and O–H groups in total. The third-order valence-electron chi connectivity index (χ3n) is 2.64. The SMILES string of the molecule is C[SiH](C)CCOC(=O)N1C[C@@H](C=O)[C@@H](F)C1. The predicted octanol–water partition coefficient (Wildman–Crippen LogP) is 1.08. The molecule has 1 fully saturated rings. The fourth-order valence-electron chi connectivity index (χ4n) is 1.54. The molecule has 16 heavy (non-hydrogen) atoms. The van der Waals surface area contributed by atoms with Crippen LogP contribution in [0.1, 0.15) is 0 Å². The summed E-state index contributed by atoms with van der Waals surface area (Å²) in [6.07, 6.45) is -1.18. The lowest BCUT2D eigenvalue weighted by molar-refractivity contribution is -0.111. The minimum atomic E-state index is -1.25. The molecule has 0 aromatic rings. The maximum Gasteiger partial charge on any atom is 0.409 e. The van der Waals surface area contributed by atoms with Crippen LogP contribution < -0.4 is 0 Å². The van der Waals surface area contributed by atoms with Gasteiger partial charge in [0.2, 0.25) is 0 Å². The van der Waals surface area contributed by atoms with E-state index in [2.05, 4.69) is 13.1 Å². The number of hydrogen-bond donors (Lipinski definition) is 0. The molecule has 0 unspecified atom stereocenters. The van der Waals surface area contributed by atoms with Crippen molar-refractivity contribution in [1.82, 2.24) is 4.90 Å². The van der Waals surface area contributed by atoms with Crippen molar-refractivity contribution in [2.45, 2.75) is 25.3 Å². The van der Waals surface area contributed by atoms with Crippen molar-refractivity contribution in [2.24, 2.45) is 5.92 Å². The first-order valence-electron chi connectivity index (χ1n) is 5.55. The zero-order valence-corrected chi connectivity index (χ0v) is 10.8. The monoisotopic (exact) mass is 247 g/mol. The van der Waals surface area contributed by atoms with E-state index in [0.29, 0.717) is 12.9 Å². The molecule has 0 radical (unpaired) electrons. The van der Waals surface area contributed by atoms with E-state index in [9.17, 15) is 14.0 Å². The first-order valence-corrected chi connectivity index (χ1v) is 8.68. The van der Waals surface area contributed by atoms with Crippen LogP contribution in [-0.2, 0) is 9.53 Å². The van der Waals surface area contributed by atoms with E-state index in [1.807, 2.05) is 0 Å². The molecule has 0 aromatic carbocycles. The predicted molar refractivity (Wildman–Crippen MR) is 61.1 cm³/mol.